The zero-order chi connectivity index (χ0) is 16.5. The van der Waals surface area contributed by atoms with Crippen molar-refractivity contribution in [2.24, 2.45) is 4.99 Å². The van der Waals surface area contributed by atoms with E-state index in [1.165, 1.54) is 5.56 Å². The molecule has 0 saturated heterocycles. The maximum atomic E-state index is 13.2. The molecule has 24 heavy (non-hydrogen) atoms. The van der Waals surface area contributed by atoms with Gasteiger partial charge in [-0.05, 0) is 24.6 Å². The van der Waals surface area contributed by atoms with E-state index in [1.54, 1.807) is 0 Å². The van der Waals surface area contributed by atoms with Crippen LogP contribution in [0.4, 0.5) is 0 Å². The van der Waals surface area contributed by atoms with Crippen molar-refractivity contribution in [3.63, 3.8) is 0 Å². The van der Waals surface area contributed by atoms with E-state index in [9.17, 15) is 4.79 Å². The summed E-state index contributed by atoms with van der Waals surface area (Å²) in [5.74, 6) is 0.0930. The first-order chi connectivity index (χ1) is 11.7. The predicted octanol–water partition coefficient (Wildman–Crippen LogP) is 4.39. The fraction of sp³-hybridized carbons (Fsp3) is 0.143. The molecule has 118 valence electrons. The molecule has 1 aliphatic rings. The Kier molecular flexibility index (Phi) is 3.62. The van der Waals surface area contributed by atoms with Crippen LogP contribution in [-0.2, 0) is 0 Å². The Morgan fingerprint density at radius 2 is 1.71 bits per heavy atom. The summed E-state index contributed by atoms with van der Waals surface area (Å²) in [6.45, 7) is 2.06. The van der Waals surface area contributed by atoms with Crippen molar-refractivity contribution in [3.8, 4) is 0 Å². The number of aromatic nitrogens is 1. The minimum absolute atomic E-state index is 0.0930. The van der Waals surface area contributed by atoms with Crippen LogP contribution < -0.4 is 0 Å². The normalized spacial score (nSPS) is 19.0. The van der Waals surface area contributed by atoms with Crippen LogP contribution in [0.2, 0.25) is 0 Å². The van der Waals surface area contributed by atoms with Gasteiger partial charge in [0.15, 0.2) is 5.78 Å². The molecule has 3 aromatic rings. The second-order valence-electron chi connectivity index (χ2n) is 6.15. The molecule has 3 nitrogen and oxygen atoms in total. The number of aryl methyl sites for hydroxylation is 1. The number of hydrogen-bond acceptors (Lipinski definition) is 2. The minimum atomic E-state index is -0.356. The van der Waals surface area contributed by atoms with Crippen LogP contribution in [0.25, 0.3) is 0 Å². The average molecular weight is 314 g/mol. The molecule has 0 amide bonds. The van der Waals surface area contributed by atoms with Crippen molar-refractivity contribution in [2.45, 2.75) is 19.0 Å². The van der Waals surface area contributed by atoms with Gasteiger partial charge >= 0.3 is 0 Å². The van der Waals surface area contributed by atoms with Gasteiger partial charge in [0.1, 0.15) is 12.1 Å². The van der Waals surface area contributed by atoms with E-state index in [2.05, 4.69) is 31.2 Å². The zero-order valence-electron chi connectivity index (χ0n) is 13.5. The fourth-order valence-corrected chi connectivity index (χ4v) is 3.23. The lowest BCUT2D eigenvalue weighted by atomic mass is 9.91. The Labute approximate surface area is 141 Å². The predicted molar refractivity (Wildman–Crippen MR) is 95.8 cm³/mol. The standard InChI is InChI=1S/C21H18N2O/c1-15-9-11-16(12-10-15)19-20(21(24)17-6-3-2-4-7-17)23-13-5-8-18(23)14-22-19/h2-14,19-20H,1H3/t19-,20+/m1/s1. The molecule has 1 aliphatic heterocycles. The van der Waals surface area contributed by atoms with Gasteiger partial charge in [0, 0.05) is 18.0 Å². The van der Waals surface area contributed by atoms with E-state index in [-0.39, 0.29) is 17.9 Å². The van der Waals surface area contributed by atoms with Crippen LogP contribution in [0.5, 0.6) is 0 Å². The monoisotopic (exact) mass is 314 g/mol. The molecule has 0 fully saturated rings. The Morgan fingerprint density at radius 3 is 2.46 bits per heavy atom. The van der Waals surface area contributed by atoms with E-state index < -0.39 is 0 Å². The molecule has 0 aliphatic carbocycles. The third-order valence-electron chi connectivity index (χ3n) is 4.52. The summed E-state index contributed by atoms with van der Waals surface area (Å²) in [5.41, 5.74) is 3.95. The van der Waals surface area contributed by atoms with Crippen molar-refractivity contribution < 1.29 is 4.79 Å². The molecular weight excluding hydrogens is 296 g/mol. The van der Waals surface area contributed by atoms with Crippen molar-refractivity contribution in [3.05, 3.63) is 95.3 Å². The van der Waals surface area contributed by atoms with Gasteiger partial charge in [0.25, 0.3) is 0 Å². The summed E-state index contributed by atoms with van der Waals surface area (Å²) in [6.07, 6.45) is 3.83. The molecule has 0 spiro atoms. The summed E-state index contributed by atoms with van der Waals surface area (Å²) < 4.78 is 2.03. The number of rotatable bonds is 3. The van der Waals surface area contributed by atoms with E-state index in [1.807, 2.05) is 59.4 Å². The molecule has 0 radical (unpaired) electrons. The van der Waals surface area contributed by atoms with E-state index in [0.29, 0.717) is 0 Å². The SMILES string of the molecule is Cc1ccc([C@H]2N=Cc3cccn3[C@@H]2C(=O)c2ccccc2)cc1. The number of fused-ring (bicyclic) bond motifs is 1. The number of nitrogens with zero attached hydrogens (tertiary/aromatic N) is 2. The van der Waals surface area contributed by atoms with Gasteiger partial charge in [-0.2, -0.15) is 0 Å². The third-order valence-corrected chi connectivity index (χ3v) is 4.52. The summed E-state index contributed by atoms with van der Waals surface area (Å²) in [7, 11) is 0. The van der Waals surface area contributed by atoms with Gasteiger partial charge in [-0.15, -0.1) is 0 Å². The highest BCUT2D eigenvalue weighted by atomic mass is 16.1. The summed E-state index contributed by atoms with van der Waals surface area (Å²) >= 11 is 0. The van der Waals surface area contributed by atoms with Crippen LogP contribution >= 0.6 is 0 Å². The molecular formula is C21H18N2O. The largest absolute Gasteiger partial charge is 0.333 e. The maximum absolute atomic E-state index is 13.2. The van der Waals surface area contributed by atoms with Gasteiger partial charge in [-0.1, -0.05) is 60.2 Å². The second-order valence-corrected chi connectivity index (χ2v) is 6.15. The van der Waals surface area contributed by atoms with Gasteiger partial charge in [0.2, 0.25) is 0 Å². The quantitative estimate of drug-likeness (QED) is 0.660. The van der Waals surface area contributed by atoms with Gasteiger partial charge < -0.3 is 4.57 Å². The lowest BCUT2D eigenvalue weighted by Crippen LogP contribution is -2.29. The fourth-order valence-electron chi connectivity index (χ4n) is 3.23. The molecule has 2 aromatic carbocycles. The van der Waals surface area contributed by atoms with Crippen molar-refractivity contribution in [1.29, 1.82) is 0 Å². The van der Waals surface area contributed by atoms with Crippen molar-refractivity contribution >= 4 is 12.0 Å². The molecule has 2 heterocycles. The Bertz CT molecular complexity index is 891. The first-order valence-electron chi connectivity index (χ1n) is 8.10. The number of Topliss-reactive ketones (excluding diaryl/α,β-unsaturated/α-hetero) is 1. The van der Waals surface area contributed by atoms with E-state index in [4.69, 9.17) is 4.99 Å². The van der Waals surface area contributed by atoms with Crippen LogP contribution in [0.3, 0.4) is 0 Å². The molecule has 0 unspecified atom stereocenters. The van der Waals surface area contributed by atoms with Crippen LogP contribution in [0, 0.1) is 6.92 Å². The lowest BCUT2D eigenvalue weighted by Gasteiger charge is -2.29. The smallest absolute Gasteiger partial charge is 0.188 e. The molecule has 1 aromatic heterocycles. The van der Waals surface area contributed by atoms with Gasteiger partial charge in [-0.25, -0.2) is 0 Å². The molecule has 2 atom stereocenters. The number of carbonyl (C=O) groups excluding carboxylic acids is 1. The van der Waals surface area contributed by atoms with Crippen LogP contribution in [-0.4, -0.2) is 16.6 Å². The van der Waals surface area contributed by atoms with E-state index in [0.717, 1.165) is 16.8 Å². The highest BCUT2D eigenvalue weighted by Crippen LogP contribution is 2.36. The van der Waals surface area contributed by atoms with Crippen molar-refractivity contribution in [2.75, 3.05) is 0 Å². The Morgan fingerprint density at radius 1 is 0.958 bits per heavy atom. The van der Waals surface area contributed by atoms with Crippen molar-refractivity contribution in [1.82, 2.24) is 4.57 Å². The van der Waals surface area contributed by atoms with Gasteiger partial charge in [-0.3, -0.25) is 9.79 Å². The average Bonchev–Trinajstić information content (AvgIpc) is 3.10. The third kappa shape index (κ3) is 2.48. The van der Waals surface area contributed by atoms with Gasteiger partial charge in [0.05, 0.1) is 5.69 Å². The Balaban J connectivity index is 1.81. The highest BCUT2D eigenvalue weighted by Gasteiger charge is 2.34. The topological polar surface area (TPSA) is 34.4 Å². The van der Waals surface area contributed by atoms with E-state index >= 15 is 0 Å². The first-order valence-corrected chi connectivity index (χ1v) is 8.10. The number of benzene rings is 2. The molecule has 0 N–H and O–H groups in total. The highest BCUT2D eigenvalue weighted by molar-refractivity contribution is 6.00. The van der Waals surface area contributed by atoms with Crippen LogP contribution in [0.15, 0.2) is 77.9 Å². The number of ketones is 1. The summed E-state index contributed by atoms with van der Waals surface area (Å²) in [4.78, 5) is 17.9. The first kappa shape index (κ1) is 14.6. The molecule has 0 bridgehead atoms. The Hall–Kier alpha value is -2.94. The number of hydrogen-bond donors (Lipinski definition) is 0. The molecule has 0 saturated carbocycles. The molecule has 4 rings (SSSR count). The second kappa shape index (κ2) is 5.93. The lowest BCUT2D eigenvalue weighted by molar-refractivity contribution is 0.0905. The number of carbonyl (C=O) groups is 1. The van der Waals surface area contributed by atoms with Crippen LogP contribution in [0.1, 0.15) is 39.3 Å². The summed E-state index contributed by atoms with van der Waals surface area (Å²) in [5, 5.41) is 0. The molecule has 3 heteroatoms. The number of aliphatic imine (C=N–C) groups is 1. The zero-order valence-corrected chi connectivity index (χ0v) is 13.5. The maximum Gasteiger partial charge on any atom is 0.188 e. The minimum Gasteiger partial charge on any atom is -0.333 e. The summed E-state index contributed by atoms with van der Waals surface area (Å²) in [6, 6.07) is 21.1.